The van der Waals surface area contributed by atoms with Crippen LogP contribution in [0.3, 0.4) is 0 Å². The molecule has 6 heteroatoms. The molecule has 3 rings (SSSR count). The first-order valence-corrected chi connectivity index (χ1v) is 8.41. The van der Waals surface area contributed by atoms with E-state index in [-0.39, 0.29) is 37.5 Å². The molecule has 1 atom stereocenters. The molecule has 126 valence electrons. The van der Waals surface area contributed by atoms with Crippen LogP contribution in [0.2, 0.25) is 0 Å². The molecule has 2 aliphatic heterocycles. The highest BCUT2D eigenvalue weighted by molar-refractivity contribution is 5.79. The maximum atomic E-state index is 13.2. The molecule has 0 aromatic rings. The minimum absolute atomic E-state index is 0.00986. The Morgan fingerprint density at radius 1 is 1.09 bits per heavy atom. The fourth-order valence-electron chi connectivity index (χ4n) is 4.04. The van der Waals surface area contributed by atoms with E-state index in [4.69, 9.17) is 4.74 Å². The van der Waals surface area contributed by atoms with Gasteiger partial charge in [-0.15, -0.1) is 0 Å². The van der Waals surface area contributed by atoms with E-state index in [1.54, 1.807) is 4.90 Å². The minimum atomic E-state index is -2.59. The van der Waals surface area contributed by atoms with Gasteiger partial charge in [-0.1, -0.05) is 0 Å². The van der Waals surface area contributed by atoms with Crippen LogP contribution in [0, 0.1) is 5.92 Å². The van der Waals surface area contributed by atoms with E-state index >= 15 is 0 Å². The summed E-state index contributed by atoms with van der Waals surface area (Å²) in [6.07, 6.45) is 2.68. The zero-order valence-corrected chi connectivity index (χ0v) is 12.9. The summed E-state index contributed by atoms with van der Waals surface area (Å²) in [6.45, 7) is 1.79. The van der Waals surface area contributed by atoms with Crippen molar-refractivity contribution in [1.82, 2.24) is 4.90 Å². The number of carbonyl (C=O) groups is 1. The lowest BCUT2D eigenvalue weighted by Gasteiger charge is -2.47. The van der Waals surface area contributed by atoms with Crippen LogP contribution >= 0.6 is 0 Å². The van der Waals surface area contributed by atoms with E-state index < -0.39 is 17.6 Å². The number of hydrogen-bond donors (Lipinski definition) is 1. The first-order chi connectivity index (χ1) is 10.4. The van der Waals surface area contributed by atoms with Crippen molar-refractivity contribution < 1.29 is 23.4 Å². The van der Waals surface area contributed by atoms with Crippen molar-refractivity contribution in [2.45, 2.75) is 69.0 Å². The summed E-state index contributed by atoms with van der Waals surface area (Å²) < 4.78 is 32.2. The molecule has 1 spiro atoms. The van der Waals surface area contributed by atoms with Crippen LogP contribution in [0.4, 0.5) is 8.78 Å². The van der Waals surface area contributed by atoms with Gasteiger partial charge in [0.25, 0.3) is 0 Å². The lowest BCUT2D eigenvalue weighted by Crippen LogP contribution is -2.56. The number of carbonyl (C=O) groups excluding carboxylic acids is 1. The van der Waals surface area contributed by atoms with Crippen molar-refractivity contribution in [1.29, 1.82) is 0 Å². The summed E-state index contributed by atoms with van der Waals surface area (Å²) in [5, 5.41) is 10.2. The molecular weight excluding hydrogens is 292 g/mol. The molecule has 0 radical (unpaired) electrons. The van der Waals surface area contributed by atoms with Crippen LogP contribution in [-0.2, 0) is 9.53 Å². The fourth-order valence-corrected chi connectivity index (χ4v) is 4.04. The molecule has 2 heterocycles. The van der Waals surface area contributed by atoms with Crippen LogP contribution in [-0.4, -0.2) is 53.2 Å². The first-order valence-electron chi connectivity index (χ1n) is 8.41. The summed E-state index contributed by atoms with van der Waals surface area (Å²) in [7, 11) is 0. The molecule has 22 heavy (non-hydrogen) atoms. The number of rotatable bonds is 1. The van der Waals surface area contributed by atoms with E-state index in [0.717, 1.165) is 12.8 Å². The average molecular weight is 317 g/mol. The molecular formula is C16H25F2NO3. The van der Waals surface area contributed by atoms with E-state index in [1.165, 1.54) is 0 Å². The number of halogens is 2. The van der Waals surface area contributed by atoms with E-state index in [2.05, 4.69) is 0 Å². The second-order valence-electron chi connectivity index (χ2n) is 7.03. The van der Waals surface area contributed by atoms with Crippen LogP contribution < -0.4 is 0 Å². The van der Waals surface area contributed by atoms with Crippen molar-refractivity contribution in [2.24, 2.45) is 5.92 Å². The third-order valence-corrected chi connectivity index (χ3v) is 5.61. The van der Waals surface area contributed by atoms with Gasteiger partial charge in [0.1, 0.15) is 0 Å². The summed E-state index contributed by atoms with van der Waals surface area (Å²) in [4.78, 5) is 14.3. The van der Waals surface area contributed by atoms with Crippen molar-refractivity contribution in [3.8, 4) is 0 Å². The largest absolute Gasteiger partial charge is 0.390 e. The number of alkyl halides is 2. The van der Waals surface area contributed by atoms with Crippen LogP contribution in [0.25, 0.3) is 0 Å². The van der Waals surface area contributed by atoms with Gasteiger partial charge in [0.15, 0.2) is 0 Å². The zero-order chi connectivity index (χ0) is 15.8. The normalized spacial score (nSPS) is 32.1. The van der Waals surface area contributed by atoms with Gasteiger partial charge in [-0.05, 0) is 38.5 Å². The molecule has 0 aromatic heterocycles. The van der Waals surface area contributed by atoms with Gasteiger partial charge >= 0.3 is 0 Å². The number of ether oxygens (including phenoxy) is 1. The second-order valence-corrected chi connectivity index (χ2v) is 7.03. The Kier molecular flexibility index (Phi) is 4.42. The molecule has 1 N–H and O–H groups in total. The SMILES string of the molecule is O=C(C1CCC(F)(F)CC1)N1CCC2(CC1)OCCC[C@H]2O. The zero-order valence-electron chi connectivity index (χ0n) is 12.9. The highest BCUT2D eigenvalue weighted by atomic mass is 19.3. The topological polar surface area (TPSA) is 49.8 Å². The highest BCUT2D eigenvalue weighted by Gasteiger charge is 2.45. The molecule has 3 aliphatic rings. The Morgan fingerprint density at radius 2 is 1.73 bits per heavy atom. The molecule has 0 bridgehead atoms. The summed E-state index contributed by atoms with van der Waals surface area (Å²) in [5.74, 6) is -2.84. The Bertz CT molecular complexity index is 412. The maximum Gasteiger partial charge on any atom is 0.248 e. The Morgan fingerprint density at radius 3 is 2.32 bits per heavy atom. The van der Waals surface area contributed by atoms with Gasteiger partial charge in [0.05, 0.1) is 11.7 Å². The van der Waals surface area contributed by atoms with Gasteiger partial charge in [-0.2, -0.15) is 0 Å². The predicted octanol–water partition coefficient (Wildman–Crippen LogP) is 2.34. The van der Waals surface area contributed by atoms with Gasteiger partial charge in [-0.3, -0.25) is 4.79 Å². The van der Waals surface area contributed by atoms with Gasteiger partial charge in [0, 0.05) is 38.5 Å². The molecule has 1 saturated carbocycles. The van der Waals surface area contributed by atoms with Crippen molar-refractivity contribution >= 4 is 5.91 Å². The Labute approximate surface area is 129 Å². The number of hydrogen-bond acceptors (Lipinski definition) is 3. The van der Waals surface area contributed by atoms with Crippen molar-refractivity contribution in [2.75, 3.05) is 19.7 Å². The minimum Gasteiger partial charge on any atom is -0.390 e. The predicted molar refractivity (Wildman–Crippen MR) is 76.6 cm³/mol. The van der Waals surface area contributed by atoms with Gasteiger partial charge in [-0.25, -0.2) is 8.78 Å². The summed E-state index contributed by atoms with van der Waals surface area (Å²) in [5.41, 5.74) is -0.491. The second kappa shape index (κ2) is 6.04. The number of nitrogens with zero attached hydrogens (tertiary/aromatic N) is 1. The van der Waals surface area contributed by atoms with Crippen molar-refractivity contribution in [3.63, 3.8) is 0 Å². The standard InChI is InChI=1S/C16H25F2NO3/c17-16(18)5-3-12(4-6-16)14(21)19-9-7-15(8-10-19)13(20)2-1-11-22-15/h12-13,20H,1-11H2/t13-/m1/s1. The van der Waals surface area contributed by atoms with E-state index in [9.17, 15) is 18.7 Å². The first kappa shape index (κ1) is 16.1. The number of piperidine rings is 1. The Balaban J connectivity index is 1.54. The molecule has 0 aromatic carbocycles. The molecule has 0 unspecified atom stereocenters. The molecule has 1 amide bonds. The third kappa shape index (κ3) is 3.13. The van der Waals surface area contributed by atoms with Crippen molar-refractivity contribution in [3.05, 3.63) is 0 Å². The van der Waals surface area contributed by atoms with Crippen LogP contribution in [0.15, 0.2) is 0 Å². The lowest BCUT2D eigenvalue weighted by molar-refractivity contribution is -0.181. The monoisotopic (exact) mass is 317 g/mol. The average Bonchev–Trinajstić information content (AvgIpc) is 2.51. The number of amides is 1. The summed E-state index contributed by atoms with van der Waals surface area (Å²) in [6, 6.07) is 0. The number of aliphatic hydroxyl groups excluding tert-OH is 1. The molecule has 3 fully saturated rings. The molecule has 1 aliphatic carbocycles. The fraction of sp³-hybridized carbons (Fsp3) is 0.938. The van der Waals surface area contributed by atoms with E-state index in [0.29, 0.717) is 32.5 Å². The van der Waals surface area contributed by atoms with Crippen LogP contribution in [0.5, 0.6) is 0 Å². The van der Waals surface area contributed by atoms with Crippen LogP contribution in [0.1, 0.15) is 51.4 Å². The quantitative estimate of drug-likeness (QED) is 0.807. The third-order valence-electron chi connectivity index (χ3n) is 5.61. The Hall–Kier alpha value is -0.750. The van der Waals surface area contributed by atoms with Gasteiger partial charge < -0.3 is 14.7 Å². The maximum absolute atomic E-state index is 13.2. The number of aliphatic hydroxyl groups is 1. The molecule has 4 nitrogen and oxygen atoms in total. The summed E-state index contributed by atoms with van der Waals surface area (Å²) >= 11 is 0. The molecule has 2 saturated heterocycles. The number of likely N-dealkylation sites (tertiary alicyclic amines) is 1. The smallest absolute Gasteiger partial charge is 0.248 e. The van der Waals surface area contributed by atoms with Gasteiger partial charge in [0.2, 0.25) is 11.8 Å². The van der Waals surface area contributed by atoms with E-state index in [1.807, 2.05) is 0 Å². The lowest BCUT2D eigenvalue weighted by atomic mass is 9.81. The highest BCUT2D eigenvalue weighted by Crippen LogP contribution is 2.39.